The van der Waals surface area contributed by atoms with Crippen LogP contribution in [-0.2, 0) is 10.5 Å². The molecule has 1 saturated heterocycles. The van der Waals surface area contributed by atoms with E-state index in [0.717, 1.165) is 10.5 Å². The summed E-state index contributed by atoms with van der Waals surface area (Å²) in [5.74, 6) is 0.347. The second kappa shape index (κ2) is 6.83. The molecule has 0 aromatic heterocycles. The lowest BCUT2D eigenvalue weighted by Gasteiger charge is -2.14. The number of benzene rings is 2. The third-order valence-electron chi connectivity index (χ3n) is 3.36. The molecule has 1 aliphatic rings. The molecule has 2 N–H and O–H groups in total. The third kappa shape index (κ3) is 3.80. The number of amides is 3. The average Bonchev–Trinajstić information content (AvgIpc) is 2.86. The molecule has 1 unspecified atom stereocenters. The Labute approximate surface area is 147 Å². The van der Waals surface area contributed by atoms with Crippen LogP contribution in [0.25, 0.3) is 0 Å². The summed E-state index contributed by atoms with van der Waals surface area (Å²) in [4.78, 5) is 24.1. The fourth-order valence-electron chi connectivity index (χ4n) is 2.25. The van der Waals surface area contributed by atoms with Crippen LogP contribution in [0.15, 0.2) is 47.4 Å². The standard InChI is InChI=1S/C16H12Cl2N2O2S/c17-10-3-1-9(2-4-10)8-23-13-6-5-11(18)7-12(13)14-15(21)20-16(22)19-14/h1-7,14H,8H2,(H2,19,20,21,22). The van der Waals surface area contributed by atoms with Crippen LogP contribution < -0.4 is 10.6 Å². The first kappa shape index (κ1) is 16.2. The maximum Gasteiger partial charge on any atom is 0.322 e. The molecule has 3 rings (SSSR count). The molecule has 4 nitrogen and oxygen atoms in total. The van der Waals surface area contributed by atoms with Crippen molar-refractivity contribution in [1.29, 1.82) is 0 Å². The van der Waals surface area contributed by atoms with Crippen molar-refractivity contribution in [3.8, 4) is 0 Å². The molecule has 1 aliphatic heterocycles. The lowest BCUT2D eigenvalue weighted by atomic mass is 10.1. The van der Waals surface area contributed by atoms with E-state index < -0.39 is 12.1 Å². The van der Waals surface area contributed by atoms with Crippen molar-refractivity contribution in [2.24, 2.45) is 0 Å². The molecule has 1 fully saturated rings. The van der Waals surface area contributed by atoms with Gasteiger partial charge in [0.25, 0.3) is 5.91 Å². The van der Waals surface area contributed by atoms with Crippen LogP contribution in [0.3, 0.4) is 0 Å². The van der Waals surface area contributed by atoms with Gasteiger partial charge in [-0.25, -0.2) is 4.79 Å². The number of carbonyl (C=O) groups is 2. The van der Waals surface area contributed by atoms with Crippen LogP contribution in [0, 0.1) is 0 Å². The minimum absolute atomic E-state index is 0.370. The molecule has 1 atom stereocenters. The fraction of sp³-hybridized carbons (Fsp3) is 0.125. The lowest BCUT2D eigenvalue weighted by Crippen LogP contribution is -2.22. The number of rotatable bonds is 4. The molecule has 1 heterocycles. The molecule has 3 amide bonds. The minimum atomic E-state index is -0.714. The van der Waals surface area contributed by atoms with E-state index in [9.17, 15) is 9.59 Å². The largest absolute Gasteiger partial charge is 0.322 e. The van der Waals surface area contributed by atoms with Gasteiger partial charge in [-0.3, -0.25) is 10.1 Å². The summed E-state index contributed by atoms with van der Waals surface area (Å²) in [6.45, 7) is 0. The van der Waals surface area contributed by atoms with Gasteiger partial charge in [-0.05, 0) is 41.5 Å². The molecule has 2 aromatic rings. The smallest absolute Gasteiger partial charge is 0.322 e. The van der Waals surface area contributed by atoms with Gasteiger partial charge >= 0.3 is 6.03 Å². The molecular formula is C16H12Cl2N2O2S. The Balaban J connectivity index is 1.83. The fourth-order valence-corrected chi connectivity index (χ4v) is 3.58. The summed E-state index contributed by atoms with van der Waals surface area (Å²) in [6, 6.07) is 11.7. The van der Waals surface area contributed by atoms with Crippen molar-refractivity contribution >= 4 is 46.9 Å². The van der Waals surface area contributed by atoms with E-state index in [1.165, 1.54) is 0 Å². The quantitative estimate of drug-likeness (QED) is 0.630. The van der Waals surface area contributed by atoms with E-state index in [1.807, 2.05) is 30.3 Å². The summed E-state index contributed by atoms with van der Waals surface area (Å²) >= 11 is 13.5. The Morgan fingerprint density at radius 2 is 1.70 bits per heavy atom. The van der Waals surface area contributed by atoms with E-state index in [1.54, 1.807) is 23.9 Å². The van der Waals surface area contributed by atoms with Gasteiger partial charge in [-0.15, -0.1) is 11.8 Å². The SMILES string of the molecule is O=C1NC(=O)C(c2cc(Cl)ccc2SCc2ccc(Cl)cc2)N1. The number of hydrogen-bond acceptors (Lipinski definition) is 3. The van der Waals surface area contributed by atoms with Gasteiger partial charge in [-0.1, -0.05) is 35.3 Å². The van der Waals surface area contributed by atoms with Crippen LogP contribution in [0.5, 0.6) is 0 Å². The van der Waals surface area contributed by atoms with Crippen molar-refractivity contribution < 1.29 is 9.59 Å². The van der Waals surface area contributed by atoms with E-state index in [0.29, 0.717) is 21.4 Å². The van der Waals surface area contributed by atoms with Gasteiger partial charge in [0.05, 0.1) is 0 Å². The highest BCUT2D eigenvalue weighted by molar-refractivity contribution is 7.98. The summed E-state index contributed by atoms with van der Waals surface area (Å²) < 4.78 is 0. The molecular weight excluding hydrogens is 355 g/mol. The predicted octanol–water partition coefficient (Wildman–Crippen LogP) is 4.17. The van der Waals surface area contributed by atoms with Gasteiger partial charge in [0, 0.05) is 20.7 Å². The van der Waals surface area contributed by atoms with Gasteiger partial charge in [0.2, 0.25) is 0 Å². The summed E-state index contributed by atoms with van der Waals surface area (Å²) in [7, 11) is 0. The number of carbonyl (C=O) groups excluding carboxylic acids is 2. The molecule has 0 aliphatic carbocycles. The van der Waals surface area contributed by atoms with Crippen LogP contribution in [0.2, 0.25) is 10.0 Å². The highest BCUT2D eigenvalue weighted by Crippen LogP contribution is 2.33. The van der Waals surface area contributed by atoms with Gasteiger partial charge in [-0.2, -0.15) is 0 Å². The Morgan fingerprint density at radius 1 is 1.00 bits per heavy atom. The van der Waals surface area contributed by atoms with Crippen molar-refractivity contribution in [3.63, 3.8) is 0 Å². The van der Waals surface area contributed by atoms with E-state index in [2.05, 4.69) is 10.6 Å². The number of imide groups is 1. The third-order valence-corrected chi connectivity index (χ3v) is 5.01. The molecule has 0 radical (unpaired) electrons. The molecule has 7 heteroatoms. The Morgan fingerprint density at radius 3 is 2.35 bits per heavy atom. The van der Waals surface area contributed by atoms with Crippen molar-refractivity contribution in [2.75, 3.05) is 0 Å². The monoisotopic (exact) mass is 366 g/mol. The topological polar surface area (TPSA) is 58.2 Å². The maximum absolute atomic E-state index is 11.9. The molecule has 0 bridgehead atoms. The molecule has 0 spiro atoms. The average molecular weight is 367 g/mol. The van der Waals surface area contributed by atoms with Gasteiger partial charge < -0.3 is 5.32 Å². The number of hydrogen-bond donors (Lipinski definition) is 2. The first-order chi connectivity index (χ1) is 11.0. The molecule has 118 valence electrons. The normalized spacial score (nSPS) is 17.0. The van der Waals surface area contributed by atoms with Crippen LogP contribution in [-0.4, -0.2) is 11.9 Å². The zero-order chi connectivity index (χ0) is 16.4. The number of nitrogens with one attached hydrogen (secondary N) is 2. The summed E-state index contributed by atoms with van der Waals surface area (Å²) in [6.07, 6.45) is 0. The van der Waals surface area contributed by atoms with Crippen molar-refractivity contribution in [1.82, 2.24) is 10.6 Å². The van der Waals surface area contributed by atoms with Crippen LogP contribution in [0.1, 0.15) is 17.2 Å². The summed E-state index contributed by atoms with van der Waals surface area (Å²) in [5.41, 5.74) is 1.81. The van der Waals surface area contributed by atoms with Crippen molar-refractivity contribution in [2.45, 2.75) is 16.7 Å². The summed E-state index contributed by atoms with van der Waals surface area (Å²) in [5, 5.41) is 6.05. The van der Waals surface area contributed by atoms with Crippen LogP contribution >= 0.6 is 35.0 Å². The predicted molar refractivity (Wildman–Crippen MR) is 91.9 cm³/mol. The van der Waals surface area contributed by atoms with E-state index in [4.69, 9.17) is 23.2 Å². The highest BCUT2D eigenvalue weighted by Gasteiger charge is 2.32. The van der Waals surface area contributed by atoms with Crippen LogP contribution in [0.4, 0.5) is 4.79 Å². The first-order valence-corrected chi connectivity index (χ1v) is 8.55. The molecule has 0 saturated carbocycles. The van der Waals surface area contributed by atoms with Crippen molar-refractivity contribution in [3.05, 3.63) is 63.6 Å². The second-order valence-electron chi connectivity index (χ2n) is 4.99. The molecule has 2 aromatic carbocycles. The Bertz CT molecular complexity index is 765. The Kier molecular flexibility index (Phi) is 4.80. The zero-order valence-electron chi connectivity index (χ0n) is 11.8. The number of halogens is 2. The van der Waals surface area contributed by atoms with Gasteiger partial charge in [0.1, 0.15) is 6.04 Å². The van der Waals surface area contributed by atoms with Gasteiger partial charge in [0.15, 0.2) is 0 Å². The number of thioether (sulfide) groups is 1. The zero-order valence-corrected chi connectivity index (χ0v) is 14.1. The highest BCUT2D eigenvalue weighted by atomic mass is 35.5. The van der Waals surface area contributed by atoms with E-state index in [-0.39, 0.29) is 5.91 Å². The molecule has 23 heavy (non-hydrogen) atoms. The van der Waals surface area contributed by atoms with E-state index >= 15 is 0 Å². The number of urea groups is 1. The maximum atomic E-state index is 11.9. The minimum Gasteiger partial charge on any atom is -0.322 e. The Hall–Kier alpha value is -1.69. The lowest BCUT2D eigenvalue weighted by molar-refractivity contribution is -0.120. The first-order valence-electron chi connectivity index (χ1n) is 6.81. The second-order valence-corrected chi connectivity index (χ2v) is 6.88.